The number of benzene rings is 10. The minimum atomic E-state index is 0.899. The predicted octanol–water partition coefficient (Wildman–Crippen LogP) is 16.3. The van der Waals surface area contributed by atoms with Crippen LogP contribution in [0.25, 0.3) is 93.6 Å². The Labute approximate surface area is 353 Å². The summed E-state index contributed by atoms with van der Waals surface area (Å²) in [6, 6.07) is 82.9. The predicted molar refractivity (Wildman–Crippen MR) is 257 cm³/mol. The van der Waals surface area contributed by atoms with Crippen molar-refractivity contribution in [3.05, 3.63) is 231 Å². The van der Waals surface area contributed by atoms with Crippen LogP contribution in [0.2, 0.25) is 0 Å². The molecule has 12 aromatic rings. The highest BCUT2D eigenvalue weighted by atomic mass is 16.3. The van der Waals surface area contributed by atoms with Crippen LogP contribution in [0.3, 0.4) is 0 Å². The maximum absolute atomic E-state index is 6.29. The molecule has 0 radical (unpaired) electrons. The summed E-state index contributed by atoms with van der Waals surface area (Å²) in [7, 11) is 0. The van der Waals surface area contributed by atoms with Gasteiger partial charge in [0.25, 0.3) is 0 Å². The van der Waals surface area contributed by atoms with E-state index in [0.717, 1.165) is 61.4 Å². The molecule has 2 aromatic heterocycles. The summed E-state index contributed by atoms with van der Waals surface area (Å²) in [5.41, 5.74) is 15.6. The number of para-hydroxylation sites is 3. The SMILES string of the molecule is c1cc(-c2ccc(N(c3ccc(-c4ccccc4-c4ccc5c(c4)oc4ccccc45)cc3)c3cccc4ccccc34)cc2)cc(-n2c3ccccc3c3ccccc32)c1. The van der Waals surface area contributed by atoms with E-state index in [9.17, 15) is 0 Å². The van der Waals surface area contributed by atoms with Gasteiger partial charge in [-0.2, -0.15) is 0 Å². The van der Waals surface area contributed by atoms with Gasteiger partial charge in [-0.3, -0.25) is 0 Å². The number of aromatic nitrogens is 1. The summed E-state index contributed by atoms with van der Waals surface area (Å²) < 4.78 is 8.67. The van der Waals surface area contributed by atoms with Crippen LogP contribution in [0.4, 0.5) is 17.1 Å². The van der Waals surface area contributed by atoms with Crippen LogP contribution in [-0.2, 0) is 0 Å². The number of hydrogen-bond acceptors (Lipinski definition) is 2. The number of rotatable bonds is 7. The molecular formula is C58H38N2O. The lowest BCUT2D eigenvalue weighted by Gasteiger charge is -2.27. The lowest BCUT2D eigenvalue weighted by molar-refractivity contribution is 0.669. The van der Waals surface area contributed by atoms with Crippen molar-refractivity contribution in [2.24, 2.45) is 0 Å². The lowest BCUT2D eigenvalue weighted by Crippen LogP contribution is -2.10. The van der Waals surface area contributed by atoms with Crippen molar-refractivity contribution in [2.75, 3.05) is 4.90 Å². The number of hydrogen-bond donors (Lipinski definition) is 0. The first-order valence-corrected chi connectivity index (χ1v) is 20.8. The summed E-state index contributed by atoms with van der Waals surface area (Å²) in [5.74, 6) is 0. The second-order valence-electron chi connectivity index (χ2n) is 15.7. The van der Waals surface area contributed by atoms with Gasteiger partial charge in [0, 0.05) is 44.0 Å². The number of fused-ring (bicyclic) bond motifs is 7. The number of nitrogens with zero attached hydrogens (tertiary/aromatic N) is 2. The maximum Gasteiger partial charge on any atom is 0.136 e. The molecular weight excluding hydrogens is 741 g/mol. The Morgan fingerprint density at radius 3 is 1.61 bits per heavy atom. The highest BCUT2D eigenvalue weighted by Gasteiger charge is 2.18. The number of anilines is 3. The molecule has 0 N–H and O–H groups in total. The van der Waals surface area contributed by atoms with Gasteiger partial charge < -0.3 is 13.9 Å². The minimum absolute atomic E-state index is 0.899. The van der Waals surface area contributed by atoms with Crippen molar-refractivity contribution in [1.82, 2.24) is 4.57 Å². The van der Waals surface area contributed by atoms with E-state index in [1.54, 1.807) is 0 Å². The first kappa shape index (κ1) is 34.9. The molecule has 0 saturated heterocycles. The van der Waals surface area contributed by atoms with E-state index in [4.69, 9.17) is 4.42 Å². The largest absolute Gasteiger partial charge is 0.456 e. The molecule has 0 bridgehead atoms. The van der Waals surface area contributed by atoms with Gasteiger partial charge in [-0.1, -0.05) is 158 Å². The zero-order valence-electron chi connectivity index (χ0n) is 33.2. The van der Waals surface area contributed by atoms with Crippen LogP contribution in [0, 0.1) is 0 Å². The second kappa shape index (κ2) is 14.3. The Morgan fingerprint density at radius 2 is 0.869 bits per heavy atom. The fraction of sp³-hybridized carbons (Fsp3) is 0. The van der Waals surface area contributed by atoms with Gasteiger partial charge in [-0.05, 0) is 112 Å². The molecule has 0 aliphatic heterocycles. The molecule has 3 heteroatoms. The van der Waals surface area contributed by atoms with Gasteiger partial charge in [0.2, 0.25) is 0 Å². The third-order valence-corrected chi connectivity index (χ3v) is 12.2. The highest BCUT2D eigenvalue weighted by Crippen LogP contribution is 2.42. The molecule has 0 aliphatic rings. The summed E-state index contributed by atoms with van der Waals surface area (Å²) >= 11 is 0. The van der Waals surface area contributed by atoms with Crippen LogP contribution in [0.5, 0.6) is 0 Å². The molecule has 0 aliphatic carbocycles. The molecule has 0 unspecified atom stereocenters. The smallest absolute Gasteiger partial charge is 0.136 e. The van der Waals surface area contributed by atoms with Gasteiger partial charge in [-0.15, -0.1) is 0 Å². The van der Waals surface area contributed by atoms with E-state index >= 15 is 0 Å². The van der Waals surface area contributed by atoms with E-state index in [1.165, 1.54) is 49.3 Å². The van der Waals surface area contributed by atoms with E-state index < -0.39 is 0 Å². The molecule has 0 saturated carbocycles. The van der Waals surface area contributed by atoms with E-state index in [2.05, 4.69) is 228 Å². The zero-order chi connectivity index (χ0) is 40.3. The van der Waals surface area contributed by atoms with E-state index in [0.29, 0.717) is 0 Å². The summed E-state index contributed by atoms with van der Waals surface area (Å²) in [5, 5.41) is 7.20. The van der Waals surface area contributed by atoms with Crippen LogP contribution in [0.1, 0.15) is 0 Å². The monoisotopic (exact) mass is 778 g/mol. The maximum atomic E-state index is 6.29. The zero-order valence-corrected chi connectivity index (χ0v) is 33.2. The molecule has 10 aromatic carbocycles. The van der Waals surface area contributed by atoms with Gasteiger partial charge in [-0.25, -0.2) is 0 Å². The Hall–Kier alpha value is -8.14. The van der Waals surface area contributed by atoms with Crippen molar-refractivity contribution >= 4 is 71.6 Å². The van der Waals surface area contributed by atoms with Crippen molar-refractivity contribution in [3.63, 3.8) is 0 Å². The molecule has 0 spiro atoms. The highest BCUT2D eigenvalue weighted by molar-refractivity contribution is 6.09. The van der Waals surface area contributed by atoms with Crippen LogP contribution in [-0.4, -0.2) is 4.57 Å². The summed E-state index contributed by atoms with van der Waals surface area (Å²) in [4.78, 5) is 2.38. The Bertz CT molecular complexity index is 3530. The van der Waals surface area contributed by atoms with Crippen molar-refractivity contribution in [3.8, 4) is 39.1 Å². The van der Waals surface area contributed by atoms with Gasteiger partial charge >= 0.3 is 0 Å². The Kier molecular flexibility index (Phi) is 8.17. The van der Waals surface area contributed by atoms with Crippen molar-refractivity contribution in [1.29, 1.82) is 0 Å². The Balaban J connectivity index is 0.923. The summed E-state index contributed by atoms with van der Waals surface area (Å²) in [6.45, 7) is 0. The standard InChI is InChI=1S/C58H38N2O/c1-2-19-49-40(13-1)14-12-25-54(49)59(44-32-27-39(28-33-44)42-15-11-16-46(37-42)60-55-23-8-5-20-50(55)51-21-6-9-24-56(51)60)45-34-29-41(30-35-45)47-17-3-4-18-48(47)43-31-36-53-52-22-7-10-26-57(52)61-58(53)38-43/h1-38H. The average molecular weight is 779 g/mol. The minimum Gasteiger partial charge on any atom is -0.456 e. The van der Waals surface area contributed by atoms with E-state index in [-0.39, 0.29) is 0 Å². The fourth-order valence-electron chi connectivity index (χ4n) is 9.33. The molecule has 0 fully saturated rings. The van der Waals surface area contributed by atoms with Gasteiger partial charge in [0.1, 0.15) is 11.2 Å². The lowest BCUT2D eigenvalue weighted by atomic mass is 9.94. The van der Waals surface area contributed by atoms with Crippen molar-refractivity contribution in [2.45, 2.75) is 0 Å². The first-order chi connectivity index (χ1) is 30.2. The van der Waals surface area contributed by atoms with Crippen LogP contribution < -0.4 is 4.90 Å². The van der Waals surface area contributed by atoms with Gasteiger partial charge in [0.15, 0.2) is 0 Å². The number of furan rings is 1. The molecule has 0 atom stereocenters. The molecule has 0 amide bonds. The average Bonchev–Trinajstić information content (AvgIpc) is 3.88. The third-order valence-electron chi connectivity index (χ3n) is 12.2. The molecule has 286 valence electrons. The Morgan fingerprint density at radius 1 is 0.328 bits per heavy atom. The summed E-state index contributed by atoms with van der Waals surface area (Å²) in [6.07, 6.45) is 0. The third kappa shape index (κ3) is 5.90. The molecule has 3 nitrogen and oxygen atoms in total. The molecule has 12 rings (SSSR count). The van der Waals surface area contributed by atoms with Crippen molar-refractivity contribution < 1.29 is 4.42 Å². The quantitative estimate of drug-likeness (QED) is 0.161. The van der Waals surface area contributed by atoms with Crippen LogP contribution >= 0.6 is 0 Å². The fourth-order valence-corrected chi connectivity index (χ4v) is 9.33. The molecule has 61 heavy (non-hydrogen) atoms. The second-order valence-corrected chi connectivity index (χ2v) is 15.7. The van der Waals surface area contributed by atoms with Crippen LogP contribution in [0.15, 0.2) is 235 Å². The molecule has 2 heterocycles. The van der Waals surface area contributed by atoms with E-state index in [1.807, 2.05) is 12.1 Å². The first-order valence-electron chi connectivity index (χ1n) is 20.8. The topological polar surface area (TPSA) is 21.3 Å². The van der Waals surface area contributed by atoms with Gasteiger partial charge in [0.05, 0.1) is 16.7 Å². The normalized spacial score (nSPS) is 11.6.